The van der Waals surface area contributed by atoms with Crippen LogP contribution in [0, 0.1) is 22.7 Å². The maximum absolute atomic E-state index is 11.8. The number of nitriles is 2. The van der Waals surface area contributed by atoms with Gasteiger partial charge < -0.3 is 9.72 Å². The van der Waals surface area contributed by atoms with Crippen molar-refractivity contribution in [1.29, 1.82) is 10.5 Å². The summed E-state index contributed by atoms with van der Waals surface area (Å²) < 4.78 is 4.72. The molecule has 0 aliphatic heterocycles. The molecule has 0 bridgehead atoms. The molecule has 6 nitrogen and oxygen atoms in total. The zero-order chi connectivity index (χ0) is 18.8. The molecule has 2 aromatic heterocycles. The Labute approximate surface area is 158 Å². The number of rotatable bonds is 3. The Morgan fingerprint density at radius 1 is 1.27 bits per heavy atom. The van der Waals surface area contributed by atoms with E-state index in [4.69, 9.17) is 33.2 Å². The van der Waals surface area contributed by atoms with Crippen LogP contribution in [0.1, 0.15) is 32.9 Å². The average Bonchev–Trinajstić information content (AvgIpc) is 3.06. The maximum Gasteiger partial charge on any atom is 0.339 e. The number of carbonyl (C=O) groups is 1. The molecule has 0 atom stereocenters. The molecule has 0 saturated heterocycles. The van der Waals surface area contributed by atoms with E-state index in [2.05, 4.69) is 16.0 Å². The third-order valence-corrected chi connectivity index (χ3v) is 4.64. The highest BCUT2D eigenvalue weighted by Crippen LogP contribution is 2.31. The number of ether oxygens (including phenoxy) is 1. The first-order valence-electron chi connectivity index (χ1n) is 7.36. The summed E-state index contributed by atoms with van der Waals surface area (Å²) in [6.07, 6.45) is 0.283. The highest BCUT2D eigenvalue weighted by molar-refractivity contribution is 6.38. The van der Waals surface area contributed by atoms with E-state index in [-0.39, 0.29) is 22.7 Å². The van der Waals surface area contributed by atoms with E-state index < -0.39 is 5.97 Å². The van der Waals surface area contributed by atoms with Crippen LogP contribution in [0.2, 0.25) is 10.0 Å². The predicted molar refractivity (Wildman–Crippen MR) is 96.1 cm³/mol. The number of halogens is 2. The molecule has 0 aliphatic rings. The van der Waals surface area contributed by atoms with Crippen LogP contribution >= 0.6 is 23.2 Å². The van der Waals surface area contributed by atoms with Crippen LogP contribution in [0.25, 0.3) is 11.0 Å². The Hall–Kier alpha value is -3.06. The summed E-state index contributed by atoms with van der Waals surface area (Å²) in [4.78, 5) is 19.0. The zero-order valence-electron chi connectivity index (χ0n) is 13.4. The van der Waals surface area contributed by atoms with Gasteiger partial charge in [0.25, 0.3) is 0 Å². The Morgan fingerprint density at radius 2 is 2.04 bits per heavy atom. The minimum atomic E-state index is -0.559. The van der Waals surface area contributed by atoms with Gasteiger partial charge in [-0.3, -0.25) is 0 Å². The number of esters is 1. The van der Waals surface area contributed by atoms with Gasteiger partial charge in [0.15, 0.2) is 0 Å². The van der Waals surface area contributed by atoms with E-state index in [0.717, 1.165) is 0 Å². The summed E-state index contributed by atoms with van der Waals surface area (Å²) in [5.41, 5.74) is 2.35. The summed E-state index contributed by atoms with van der Waals surface area (Å²) in [5, 5.41) is 19.5. The number of aromatic amines is 1. The van der Waals surface area contributed by atoms with Crippen molar-refractivity contribution >= 4 is 40.2 Å². The third-order valence-electron chi connectivity index (χ3n) is 3.85. The van der Waals surface area contributed by atoms with Gasteiger partial charge in [-0.25, -0.2) is 9.78 Å². The van der Waals surface area contributed by atoms with Crippen molar-refractivity contribution in [3.05, 3.63) is 62.4 Å². The molecule has 2 heterocycles. The Morgan fingerprint density at radius 3 is 2.69 bits per heavy atom. The van der Waals surface area contributed by atoms with Gasteiger partial charge in [-0.1, -0.05) is 23.2 Å². The van der Waals surface area contributed by atoms with E-state index in [1.165, 1.54) is 19.2 Å². The number of pyridine rings is 1. The number of hydrogen-bond acceptors (Lipinski definition) is 5. The number of aromatic nitrogens is 2. The van der Waals surface area contributed by atoms with Gasteiger partial charge in [-0.15, -0.1) is 0 Å². The van der Waals surface area contributed by atoms with Crippen molar-refractivity contribution < 1.29 is 9.53 Å². The fourth-order valence-electron chi connectivity index (χ4n) is 2.62. The van der Waals surface area contributed by atoms with E-state index in [0.29, 0.717) is 32.9 Å². The van der Waals surface area contributed by atoms with Crippen molar-refractivity contribution in [2.45, 2.75) is 6.42 Å². The summed E-state index contributed by atoms with van der Waals surface area (Å²) in [6.45, 7) is 0. The van der Waals surface area contributed by atoms with Crippen LogP contribution in [0.4, 0.5) is 0 Å². The summed E-state index contributed by atoms with van der Waals surface area (Å²) in [7, 11) is 1.27. The average molecular weight is 385 g/mol. The fourth-order valence-corrected chi connectivity index (χ4v) is 3.20. The maximum atomic E-state index is 11.8. The van der Waals surface area contributed by atoms with Gasteiger partial charge in [-0.05, 0) is 29.8 Å². The van der Waals surface area contributed by atoms with E-state index >= 15 is 0 Å². The number of H-pyrrole nitrogens is 1. The quantitative estimate of drug-likeness (QED) is 0.687. The monoisotopic (exact) mass is 384 g/mol. The molecular formula is C18H10Cl2N4O2. The number of nitrogens with one attached hydrogen (secondary N) is 1. The lowest BCUT2D eigenvalue weighted by Gasteiger charge is -2.09. The molecule has 0 saturated carbocycles. The molecule has 1 N–H and O–H groups in total. The SMILES string of the molecule is COC(=O)c1ccc(Cl)c(Cc2cc3c(C#N)cc(C#N)nc3[nH]2)c1Cl. The van der Waals surface area contributed by atoms with Gasteiger partial charge in [0.2, 0.25) is 0 Å². The van der Waals surface area contributed by atoms with Crippen LogP contribution in [0.15, 0.2) is 24.3 Å². The second-order valence-corrected chi connectivity index (χ2v) is 6.18. The first kappa shape index (κ1) is 17.8. The lowest BCUT2D eigenvalue weighted by atomic mass is 10.1. The number of nitrogens with zero attached hydrogens (tertiary/aromatic N) is 3. The first-order chi connectivity index (χ1) is 12.5. The molecule has 1 aromatic carbocycles. The topological polar surface area (TPSA) is 103 Å². The summed E-state index contributed by atoms with van der Waals surface area (Å²) in [5.74, 6) is -0.559. The number of hydrogen-bond donors (Lipinski definition) is 1. The molecular weight excluding hydrogens is 375 g/mol. The van der Waals surface area contributed by atoms with Gasteiger partial charge in [0.1, 0.15) is 17.4 Å². The summed E-state index contributed by atoms with van der Waals surface area (Å²) in [6, 6.07) is 10.2. The third kappa shape index (κ3) is 3.09. The second-order valence-electron chi connectivity index (χ2n) is 5.39. The van der Waals surface area contributed by atoms with E-state index in [1.807, 2.05) is 6.07 Å². The molecule has 0 aliphatic carbocycles. The molecule has 8 heteroatoms. The zero-order valence-corrected chi connectivity index (χ0v) is 14.9. The first-order valence-corrected chi connectivity index (χ1v) is 8.12. The molecule has 3 aromatic rings. The normalized spacial score (nSPS) is 10.3. The van der Waals surface area contributed by atoms with Gasteiger partial charge in [-0.2, -0.15) is 10.5 Å². The van der Waals surface area contributed by atoms with E-state index in [1.54, 1.807) is 12.1 Å². The molecule has 26 heavy (non-hydrogen) atoms. The van der Waals surface area contributed by atoms with E-state index in [9.17, 15) is 10.1 Å². The van der Waals surface area contributed by atoms with Crippen LogP contribution < -0.4 is 0 Å². The van der Waals surface area contributed by atoms with Crippen molar-refractivity contribution in [2.24, 2.45) is 0 Å². The fraction of sp³-hybridized carbons (Fsp3) is 0.111. The Bertz CT molecular complexity index is 1120. The smallest absolute Gasteiger partial charge is 0.339 e. The molecule has 0 spiro atoms. The van der Waals surface area contributed by atoms with Crippen LogP contribution in [-0.4, -0.2) is 23.0 Å². The number of carbonyl (C=O) groups excluding carboxylic acids is 1. The molecule has 128 valence electrons. The Kier molecular flexibility index (Phi) is 4.81. The predicted octanol–water partition coefficient (Wildman–Crippen LogP) is 3.99. The second kappa shape index (κ2) is 7.05. The molecule has 0 amide bonds. The van der Waals surface area contributed by atoms with Crippen molar-refractivity contribution in [2.75, 3.05) is 7.11 Å². The number of benzene rings is 1. The molecule has 3 rings (SSSR count). The van der Waals surface area contributed by atoms with Crippen molar-refractivity contribution in [1.82, 2.24) is 9.97 Å². The minimum Gasteiger partial charge on any atom is -0.465 e. The number of fused-ring (bicyclic) bond motifs is 1. The lowest BCUT2D eigenvalue weighted by Crippen LogP contribution is -2.04. The van der Waals surface area contributed by atoms with Crippen molar-refractivity contribution in [3.8, 4) is 12.1 Å². The minimum absolute atomic E-state index is 0.145. The molecule has 0 radical (unpaired) electrons. The standard InChI is InChI=1S/C18H10Cl2N4O2/c1-26-18(25)12-2-3-15(19)14(16(12)20)6-10-5-13-9(7-21)4-11(8-22)24-17(13)23-10/h2-5H,6H2,1H3,(H,23,24). The van der Waals surface area contributed by atoms with Crippen LogP contribution in [-0.2, 0) is 11.2 Å². The number of methoxy groups -OCH3 is 1. The van der Waals surface area contributed by atoms with Gasteiger partial charge in [0, 0.05) is 22.5 Å². The highest BCUT2D eigenvalue weighted by Gasteiger charge is 2.18. The van der Waals surface area contributed by atoms with Gasteiger partial charge in [0.05, 0.1) is 29.3 Å². The Balaban J connectivity index is 2.09. The largest absolute Gasteiger partial charge is 0.465 e. The lowest BCUT2D eigenvalue weighted by molar-refractivity contribution is 0.0601. The van der Waals surface area contributed by atoms with Gasteiger partial charge >= 0.3 is 5.97 Å². The molecule has 0 unspecified atom stereocenters. The highest BCUT2D eigenvalue weighted by atomic mass is 35.5. The van der Waals surface area contributed by atoms with Crippen molar-refractivity contribution in [3.63, 3.8) is 0 Å². The van der Waals surface area contributed by atoms with Crippen LogP contribution in [0.3, 0.4) is 0 Å². The molecule has 0 fully saturated rings. The van der Waals surface area contributed by atoms with Crippen LogP contribution in [0.5, 0.6) is 0 Å². The summed E-state index contributed by atoms with van der Waals surface area (Å²) >= 11 is 12.6.